The van der Waals surface area contributed by atoms with Crippen LogP contribution in [-0.2, 0) is 5.54 Å². The van der Waals surface area contributed by atoms with Gasteiger partial charge < -0.3 is 10.1 Å². The predicted octanol–water partition coefficient (Wildman–Crippen LogP) is 3.92. The van der Waals surface area contributed by atoms with Gasteiger partial charge in [0.1, 0.15) is 11.3 Å². The number of ether oxygens (including phenoxy) is 1. The molecule has 144 valence electrons. The molecule has 0 atom stereocenters. The number of hydrogen-bond acceptors (Lipinski definition) is 5. The van der Waals surface area contributed by atoms with Crippen LogP contribution in [0, 0.1) is 6.92 Å². The lowest BCUT2D eigenvalue weighted by atomic mass is 9.81. The van der Waals surface area contributed by atoms with Gasteiger partial charge in [0.25, 0.3) is 0 Å². The number of tetrazole rings is 1. The van der Waals surface area contributed by atoms with Gasteiger partial charge in [0, 0.05) is 0 Å². The second-order valence-electron chi connectivity index (χ2n) is 7.22. The van der Waals surface area contributed by atoms with Gasteiger partial charge in [-0.1, -0.05) is 55.2 Å². The smallest absolute Gasteiger partial charge is 0.410 e. The summed E-state index contributed by atoms with van der Waals surface area (Å²) in [6.07, 6.45) is 4.15. The molecule has 28 heavy (non-hydrogen) atoms. The molecule has 7 heteroatoms. The van der Waals surface area contributed by atoms with Crippen LogP contribution in [0.1, 0.15) is 43.5 Å². The Kier molecular flexibility index (Phi) is 5.06. The quantitative estimate of drug-likeness (QED) is 0.745. The molecule has 1 aliphatic carbocycles. The van der Waals surface area contributed by atoms with Crippen molar-refractivity contribution in [1.82, 2.24) is 25.5 Å². The number of nitrogens with one attached hydrogen (secondary N) is 1. The maximum Gasteiger partial charge on any atom is 0.413 e. The van der Waals surface area contributed by atoms with Crippen molar-refractivity contribution in [3.63, 3.8) is 0 Å². The van der Waals surface area contributed by atoms with Gasteiger partial charge in [0.2, 0.25) is 0 Å². The molecule has 0 aliphatic heterocycles. The highest BCUT2D eigenvalue weighted by molar-refractivity contribution is 5.71. The summed E-state index contributed by atoms with van der Waals surface area (Å²) in [7, 11) is 0. The maximum atomic E-state index is 12.7. The van der Waals surface area contributed by atoms with E-state index in [2.05, 4.69) is 20.8 Å². The fraction of sp³-hybridized carbons (Fsp3) is 0.333. The number of carbonyl (C=O) groups is 1. The fourth-order valence-electron chi connectivity index (χ4n) is 3.72. The third-order valence-corrected chi connectivity index (χ3v) is 5.18. The second-order valence-corrected chi connectivity index (χ2v) is 7.22. The Hall–Kier alpha value is -3.22. The molecule has 0 radical (unpaired) electrons. The highest BCUT2D eigenvalue weighted by Gasteiger charge is 2.41. The normalized spacial score (nSPS) is 15.8. The van der Waals surface area contributed by atoms with Crippen LogP contribution >= 0.6 is 0 Å². The zero-order valence-corrected chi connectivity index (χ0v) is 15.8. The van der Waals surface area contributed by atoms with Crippen molar-refractivity contribution in [3.05, 3.63) is 66.0 Å². The zero-order valence-electron chi connectivity index (χ0n) is 15.8. The number of amides is 1. The van der Waals surface area contributed by atoms with E-state index in [0.717, 1.165) is 43.4 Å². The molecule has 1 heterocycles. The standard InChI is InChI=1S/C21H23N5O2/c1-16-10-12-17(13-11-16)26-19(23-24-25-26)21(14-6-3-7-15-21)22-20(27)28-18-8-4-2-5-9-18/h2,4-5,8-13H,3,6-7,14-15H2,1H3,(H,22,27). The molecule has 0 bridgehead atoms. The number of benzene rings is 2. The Labute approximate surface area is 163 Å². The molecule has 7 nitrogen and oxygen atoms in total. The van der Waals surface area contributed by atoms with Crippen molar-refractivity contribution in [2.75, 3.05) is 0 Å². The minimum atomic E-state index is -0.654. The van der Waals surface area contributed by atoms with Gasteiger partial charge >= 0.3 is 6.09 Å². The van der Waals surface area contributed by atoms with E-state index in [-0.39, 0.29) is 0 Å². The number of para-hydroxylation sites is 1. The number of aromatic nitrogens is 4. The highest BCUT2D eigenvalue weighted by atomic mass is 16.6. The molecule has 1 N–H and O–H groups in total. The first-order valence-electron chi connectivity index (χ1n) is 9.57. The van der Waals surface area contributed by atoms with Crippen LogP contribution in [0.3, 0.4) is 0 Å². The zero-order chi connectivity index (χ0) is 19.4. The topological polar surface area (TPSA) is 81.9 Å². The van der Waals surface area contributed by atoms with Crippen LogP contribution in [0.5, 0.6) is 5.75 Å². The van der Waals surface area contributed by atoms with Gasteiger partial charge in [0.05, 0.1) is 5.69 Å². The van der Waals surface area contributed by atoms with Crippen molar-refractivity contribution in [2.45, 2.75) is 44.6 Å². The van der Waals surface area contributed by atoms with E-state index < -0.39 is 11.6 Å². The number of aryl methyl sites for hydroxylation is 1. The van der Waals surface area contributed by atoms with Crippen molar-refractivity contribution in [2.24, 2.45) is 0 Å². The summed E-state index contributed by atoms with van der Waals surface area (Å²) in [4.78, 5) is 12.7. The van der Waals surface area contributed by atoms with Crippen molar-refractivity contribution >= 4 is 6.09 Å². The molecule has 0 spiro atoms. The van der Waals surface area contributed by atoms with E-state index in [9.17, 15) is 4.79 Å². The third-order valence-electron chi connectivity index (χ3n) is 5.18. The molecule has 4 rings (SSSR count). The van der Waals surface area contributed by atoms with E-state index in [0.29, 0.717) is 11.6 Å². The van der Waals surface area contributed by atoms with E-state index in [4.69, 9.17) is 4.74 Å². The summed E-state index contributed by atoms with van der Waals surface area (Å²) >= 11 is 0. The van der Waals surface area contributed by atoms with Crippen molar-refractivity contribution in [1.29, 1.82) is 0 Å². The summed E-state index contributed by atoms with van der Waals surface area (Å²) in [5.41, 5.74) is 1.38. The molecular weight excluding hydrogens is 354 g/mol. The molecule has 1 saturated carbocycles. The molecular formula is C21H23N5O2. The number of carbonyl (C=O) groups excluding carboxylic acids is 1. The molecule has 1 aliphatic rings. The largest absolute Gasteiger partial charge is 0.413 e. The lowest BCUT2D eigenvalue weighted by Gasteiger charge is -2.36. The minimum absolute atomic E-state index is 0.494. The number of rotatable bonds is 4. The summed E-state index contributed by atoms with van der Waals surface area (Å²) in [5, 5.41) is 15.5. The fourth-order valence-corrected chi connectivity index (χ4v) is 3.72. The van der Waals surface area contributed by atoms with Gasteiger partial charge in [-0.25, -0.2) is 4.79 Å². The molecule has 2 aromatic carbocycles. The van der Waals surface area contributed by atoms with E-state index >= 15 is 0 Å². The van der Waals surface area contributed by atoms with Crippen molar-refractivity contribution in [3.8, 4) is 11.4 Å². The SMILES string of the molecule is Cc1ccc(-n2nnnc2C2(NC(=O)Oc3ccccc3)CCCCC2)cc1. The molecule has 3 aromatic rings. The highest BCUT2D eigenvalue weighted by Crippen LogP contribution is 2.36. The summed E-state index contributed by atoms with van der Waals surface area (Å²) in [5.74, 6) is 1.14. The second kappa shape index (κ2) is 7.80. The van der Waals surface area contributed by atoms with Crippen LogP contribution in [-0.4, -0.2) is 26.3 Å². The van der Waals surface area contributed by atoms with Gasteiger partial charge in [-0.3, -0.25) is 0 Å². The molecule has 1 aromatic heterocycles. The van der Waals surface area contributed by atoms with Crippen LogP contribution in [0.2, 0.25) is 0 Å². The Morgan fingerprint density at radius 1 is 1.04 bits per heavy atom. The molecule has 0 unspecified atom stereocenters. The van der Waals surface area contributed by atoms with Crippen LogP contribution in [0.15, 0.2) is 54.6 Å². The molecule has 1 fully saturated rings. The first-order chi connectivity index (χ1) is 13.7. The Morgan fingerprint density at radius 3 is 2.46 bits per heavy atom. The van der Waals surface area contributed by atoms with Crippen LogP contribution in [0.25, 0.3) is 5.69 Å². The Morgan fingerprint density at radius 2 is 1.75 bits per heavy atom. The monoisotopic (exact) mass is 377 g/mol. The average molecular weight is 377 g/mol. The van der Waals surface area contributed by atoms with Gasteiger partial charge in [-0.15, -0.1) is 5.10 Å². The minimum Gasteiger partial charge on any atom is -0.410 e. The van der Waals surface area contributed by atoms with E-state index in [1.165, 1.54) is 0 Å². The lowest BCUT2D eigenvalue weighted by Crippen LogP contribution is -2.50. The first-order valence-corrected chi connectivity index (χ1v) is 9.57. The van der Waals surface area contributed by atoms with E-state index in [1.807, 2.05) is 49.4 Å². The predicted molar refractivity (Wildman–Crippen MR) is 104 cm³/mol. The Balaban J connectivity index is 1.64. The van der Waals surface area contributed by atoms with E-state index in [1.54, 1.807) is 16.8 Å². The van der Waals surface area contributed by atoms with Crippen molar-refractivity contribution < 1.29 is 9.53 Å². The summed E-state index contributed by atoms with van der Waals surface area (Å²) in [6.45, 7) is 2.04. The van der Waals surface area contributed by atoms with Gasteiger partial charge in [0.15, 0.2) is 5.82 Å². The molecule has 0 saturated heterocycles. The third kappa shape index (κ3) is 3.74. The maximum absolute atomic E-state index is 12.7. The summed E-state index contributed by atoms with van der Waals surface area (Å²) < 4.78 is 7.19. The van der Waals surface area contributed by atoms with Gasteiger partial charge in [-0.2, -0.15) is 4.68 Å². The van der Waals surface area contributed by atoms with Crippen LogP contribution < -0.4 is 10.1 Å². The summed E-state index contributed by atoms with van der Waals surface area (Å²) in [6, 6.07) is 17.0. The lowest BCUT2D eigenvalue weighted by molar-refractivity contribution is 0.162. The number of nitrogens with zero attached hydrogens (tertiary/aromatic N) is 4. The Bertz CT molecular complexity index is 931. The van der Waals surface area contributed by atoms with Gasteiger partial charge in [-0.05, 0) is 54.5 Å². The van der Waals surface area contributed by atoms with Crippen LogP contribution in [0.4, 0.5) is 4.79 Å². The number of hydrogen-bond donors (Lipinski definition) is 1. The first kappa shape index (κ1) is 18.2. The molecule has 1 amide bonds. The average Bonchev–Trinajstić information content (AvgIpc) is 3.20.